The molecule has 0 unspecified atom stereocenters. The van der Waals surface area contributed by atoms with Crippen LogP contribution in [0.2, 0.25) is 0 Å². The Labute approximate surface area is 67.7 Å². The molecule has 11 heavy (non-hydrogen) atoms. The maximum absolute atomic E-state index is 3.65. The van der Waals surface area contributed by atoms with Gasteiger partial charge in [0.25, 0.3) is 0 Å². The lowest BCUT2D eigenvalue weighted by molar-refractivity contribution is 0.908. The molecule has 1 heterocycles. The second kappa shape index (κ2) is 3.24. The number of aryl methyl sites for hydroxylation is 1. The van der Waals surface area contributed by atoms with Gasteiger partial charge in [-0.05, 0) is 24.6 Å². The van der Waals surface area contributed by atoms with Crippen LogP contribution in [0.1, 0.15) is 12.6 Å². The van der Waals surface area contributed by atoms with Crippen LogP contribution in [0.3, 0.4) is 0 Å². The molecule has 0 amide bonds. The van der Waals surface area contributed by atoms with Gasteiger partial charge in [0.1, 0.15) is 0 Å². The predicted molar refractivity (Wildman–Crippen MR) is 49.3 cm³/mol. The molecule has 0 spiro atoms. The van der Waals surface area contributed by atoms with Crippen LogP contribution in [0.15, 0.2) is 37.1 Å². The molecule has 0 aliphatic heterocycles. The Hall–Kier alpha value is -1.24. The van der Waals surface area contributed by atoms with Crippen molar-refractivity contribution in [2.45, 2.75) is 6.92 Å². The number of hydrogen-bond donors (Lipinski definition) is 0. The Balaban J connectivity index is 3.01. The molecule has 0 fully saturated rings. The van der Waals surface area contributed by atoms with Crippen molar-refractivity contribution in [2.75, 3.05) is 0 Å². The van der Waals surface area contributed by atoms with Crippen LogP contribution >= 0.6 is 0 Å². The van der Waals surface area contributed by atoms with E-state index in [0.29, 0.717) is 0 Å². The summed E-state index contributed by atoms with van der Waals surface area (Å²) in [6, 6.07) is 4.13. The van der Waals surface area contributed by atoms with Gasteiger partial charge >= 0.3 is 0 Å². The minimum Gasteiger partial charge on any atom is -0.351 e. The molecule has 0 saturated carbocycles. The molecule has 0 atom stereocenters. The van der Waals surface area contributed by atoms with Gasteiger partial charge in [-0.2, -0.15) is 0 Å². The third kappa shape index (κ3) is 1.61. The van der Waals surface area contributed by atoms with Crippen LogP contribution in [0.25, 0.3) is 5.57 Å². The summed E-state index contributed by atoms with van der Waals surface area (Å²) in [6.07, 6.45) is 5.85. The molecule has 0 saturated heterocycles. The van der Waals surface area contributed by atoms with E-state index in [1.807, 2.05) is 31.5 Å². The molecule has 1 aromatic heterocycles. The van der Waals surface area contributed by atoms with E-state index < -0.39 is 0 Å². The first-order chi connectivity index (χ1) is 5.25. The molecule has 0 aliphatic rings. The molecule has 1 nitrogen and oxygen atoms in total. The van der Waals surface area contributed by atoms with Crippen LogP contribution < -0.4 is 0 Å². The molecular formula is C10H13N. The fraction of sp³-hybridized carbons (Fsp3) is 0.200. The lowest BCUT2D eigenvalue weighted by atomic mass is 10.2. The fourth-order valence-corrected chi connectivity index (χ4v) is 1.13. The summed E-state index contributed by atoms with van der Waals surface area (Å²) in [5.41, 5.74) is 2.48. The summed E-state index contributed by atoms with van der Waals surface area (Å²) < 4.78 is 2.09. The number of hydrogen-bond acceptors (Lipinski definition) is 0. The van der Waals surface area contributed by atoms with Crippen molar-refractivity contribution < 1.29 is 0 Å². The number of allylic oxidation sites excluding steroid dienone is 3. The van der Waals surface area contributed by atoms with E-state index >= 15 is 0 Å². The molecule has 1 aromatic rings. The highest BCUT2D eigenvalue weighted by Crippen LogP contribution is 2.12. The van der Waals surface area contributed by atoms with Crippen molar-refractivity contribution in [3.63, 3.8) is 0 Å². The van der Waals surface area contributed by atoms with Crippen molar-refractivity contribution in [3.8, 4) is 0 Å². The van der Waals surface area contributed by atoms with Gasteiger partial charge in [0.15, 0.2) is 0 Å². The lowest BCUT2D eigenvalue weighted by Gasteiger charge is -2.01. The summed E-state index contributed by atoms with van der Waals surface area (Å²) in [6.45, 7) is 5.73. The van der Waals surface area contributed by atoms with Crippen LogP contribution in [0.4, 0.5) is 0 Å². The van der Waals surface area contributed by atoms with Gasteiger partial charge in [-0.15, -0.1) is 0 Å². The minimum atomic E-state index is 1.24. The van der Waals surface area contributed by atoms with Gasteiger partial charge < -0.3 is 4.57 Å². The minimum absolute atomic E-state index is 1.24. The third-order valence-corrected chi connectivity index (χ3v) is 1.72. The Morgan fingerprint density at radius 2 is 2.36 bits per heavy atom. The normalized spacial score (nSPS) is 11.6. The molecular weight excluding hydrogens is 134 g/mol. The van der Waals surface area contributed by atoms with Gasteiger partial charge in [0.05, 0.1) is 0 Å². The van der Waals surface area contributed by atoms with E-state index in [2.05, 4.69) is 24.1 Å². The van der Waals surface area contributed by atoms with E-state index in [4.69, 9.17) is 0 Å². The van der Waals surface area contributed by atoms with E-state index in [9.17, 15) is 0 Å². The molecule has 0 radical (unpaired) electrons. The van der Waals surface area contributed by atoms with Crippen molar-refractivity contribution in [3.05, 3.63) is 42.8 Å². The first-order valence-corrected chi connectivity index (χ1v) is 3.66. The second-order valence-electron chi connectivity index (χ2n) is 2.59. The molecule has 0 N–H and O–H groups in total. The molecule has 0 aliphatic carbocycles. The van der Waals surface area contributed by atoms with E-state index in [-0.39, 0.29) is 0 Å². The largest absolute Gasteiger partial charge is 0.351 e. The van der Waals surface area contributed by atoms with Crippen molar-refractivity contribution in [1.29, 1.82) is 0 Å². The lowest BCUT2D eigenvalue weighted by Crippen LogP contribution is -1.90. The number of aromatic nitrogens is 1. The number of nitrogens with zero attached hydrogens (tertiary/aromatic N) is 1. The van der Waals surface area contributed by atoms with Crippen LogP contribution in [-0.2, 0) is 7.05 Å². The standard InChI is InChI=1S/C10H13N/c1-4-6-9(2)10-7-5-8-11(10)3/h4-8H,1H2,2-3H3/b9-6-. The van der Waals surface area contributed by atoms with Gasteiger partial charge in [-0.25, -0.2) is 0 Å². The maximum atomic E-state index is 3.65. The quantitative estimate of drug-likeness (QED) is 0.567. The summed E-state index contributed by atoms with van der Waals surface area (Å²) in [7, 11) is 2.04. The van der Waals surface area contributed by atoms with E-state index in [1.54, 1.807) is 0 Å². The van der Waals surface area contributed by atoms with E-state index in [0.717, 1.165) is 0 Å². The highest BCUT2D eigenvalue weighted by atomic mass is 14.9. The average Bonchev–Trinajstić information content (AvgIpc) is 2.36. The average molecular weight is 147 g/mol. The summed E-state index contributed by atoms with van der Waals surface area (Å²) >= 11 is 0. The molecule has 58 valence electrons. The topological polar surface area (TPSA) is 4.93 Å². The first-order valence-electron chi connectivity index (χ1n) is 3.66. The summed E-state index contributed by atoms with van der Waals surface area (Å²) in [4.78, 5) is 0. The molecule has 1 rings (SSSR count). The zero-order valence-electron chi connectivity index (χ0n) is 7.04. The molecule has 0 aromatic carbocycles. The smallest absolute Gasteiger partial charge is 0.0433 e. The van der Waals surface area contributed by atoms with Crippen molar-refractivity contribution in [2.24, 2.45) is 7.05 Å². The zero-order valence-corrected chi connectivity index (χ0v) is 7.04. The van der Waals surface area contributed by atoms with Crippen LogP contribution in [-0.4, -0.2) is 4.57 Å². The molecule has 1 heteroatoms. The highest BCUT2D eigenvalue weighted by Gasteiger charge is 1.96. The van der Waals surface area contributed by atoms with Crippen molar-refractivity contribution >= 4 is 5.57 Å². The Morgan fingerprint density at radius 3 is 2.82 bits per heavy atom. The summed E-state index contributed by atoms with van der Waals surface area (Å²) in [5, 5.41) is 0. The Bertz CT molecular complexity index is 279. The SMILES string of the molecule is C=C/C=C(/C)c1cccn1C. The Kier molecular flexibility index (Phi) is 2.32. The number of rotatable bonds is 2. The highest BCUT2D eigenvalue weighted by molar-refractivity contribution is 5.62. The van der Waals surface area contributed by atoms with Crippen LogP contribution in [0, 0.1) is 0 Å². The van der Waals surface area contributed by atoms with Gasteiger partial charge in [-0.3, -0.25) is 0 Å². The predicted octanol–water partition coefficient (Wildman–Crippen LogP) is 2.61. The fourth-order valence-electron chi connectivity index (χ4n) is 1.13. The first kappa shape index (κ1) is 7.86. The molecule has 0 bridgehead atoms. The zero-order chi connectivity index (χ0) is 8.27. The Morgan fingerprint density at radius 1 is 1.64 bits per heavy atom. The van der Waals surface area contributed by atoms with Gasteiger partial charge in [0, 0.05) is 18.9 Å². The van der Waals surface area contributed by atoms with Gasteiger partial charge in [-0.1, -0.05) is 18.7 Å². The summed E-state index contributed by atoms with van der Waals surface area (Å²) in [5.74, 6) is 0. The van der Waals surface area contributed by atoms with Crippen LogP contribution in [0.5, 0.6) is 0 Å². The van der Waals surface area contributed by atoms with E-state index in [1.165, 1.54) is 11.3 Å². The second-order valence-corrected chi connectivity index (χ2v) is 2.59. The monoisotopic (exact) mass is 147 g/mol. The maximum Gasteiger partial charge on any atom is 0.0433 e. The van der Waals surface area contributed by atoms with Crippen molar-refractivity contribution in [1.82, 2.24) is 4.57 Å². The van der Waals surface area contributed by atoms with Gasteiger partial charge in [0.2, 0.25) is 0 Å². The third-order valence-electron chi connectivity index (χ3n) is 1.72.